The van der Waals surface area contributed by atoms with Gasteiger partial charge in [-0.25, -0.2) is 9.78 Å². The SMILES string of the molecule is C[C@H]1[C@H](OCCCC[N+](C)(C)C)O[C@@H]2O[C@]3(C)CC[C@H]4[C@H](C)CC[C@@H]1[C@]24OO3.[I-]. The number of ether oxygens (including phenoxy) is 3. The molecule has 5 aliphatic rings. The van der Waals surface area contributed by atoms with Crippen LogP contribution in [0.4, 0.5) is 0 Å². The van der Waals surface area contributed by atoms with Crippen LogP contribution in [0.1, 0.15) is 59.3 Å². The van der Waals surface area contributed by atoms with Crippen LogP contribution in [0.25, 0.3) is 0 Å². The van der Waals surface area contributed by atoms with E-state index in [1.54, 1.807) is 0 Å². The normalized spacial score (nSPS) is 46.6. The van der Waals surface area contributed by atoms with Gasteiger partial charge in [-0.15, -0.1) is 0 Å². The third-order valence-corrected chi connectivity index (χ3v) is 7.60. The molecule has 4 heterocycles. The summed E-state index contributed by atoms with van der Waals surface area (Å²) in [4.78, 5) is 12.0. The summed E-state index contributed by atoms with van der Waals surface area (Å²) < 4.78 is 20.1. The lowest BCUT2D eigenvalue weighted by Crippen LogP contribution is -3.00. The van der Waals surface area contributed by atoms with Crippen molar-refractivity contribution in [1.29, 1.82) is 0 Å². The Labute approximate surface area is 193 Å². The molecule has 0 aromatic carbocycles. The van der Waals surface area contributed by atoms with Crippen LogP contribution in [0.2, 0.25) is 0 Å². The van der Waals surface area contributed by atoms with Gasteiger partial charge in [0.25, 0.3) is 0 Å². The van der Waals surface area contributed by atoms with Gasteiger partial charge in [0, 0.05) is 24.9 Å². The minimum Gasteiger partial charge on any atom is -1.00 e. The standard InChI is InChI=1S/C22H40NO5.HI/c1-15-9-10-18-16(2)19(24-14-8-7-13-23(4,5)6)25-20-22(18)17(15)11-12-21(3,26-20)27-28-22;/h15-20H,7-14H2,1-6H3;1H/q+1;/p-1/t15-,16-,17+,18+,19-,20-,21+,22+;/m1./s1. The zero-order chi connectivity index (χ0) is 20.2. The van der Waals surface area contributed by atoms with Gasteiger partial charge in [0.2, 0.25) is 5.79 Å². The number of hydrogen-bond acceptors (Lipinski definition) is 5. The van der Waals surface area contributed by atoms with Crippen LogP contribution < -0.4 is 24.0 Å². The Hall–Kier alpha value is 0.490. The smallest absolute Gasteiger partial charge is 0.201 e. The summed E-state index contributed by atoms with van der Waals surface area (Å²) in [5.41, 5.74) is -0.489. The molecule has 5 fully saturated rings. The highest BCUT2D eigenvalue weighted by Gasteiger charge is 2.69. The van der Waals surface area contributed by atoms with Crippen molar-refractivity contribution in [2.45, 2.75) is 83.3 Å². The van der Waals surface area contributed by atoms with Crippen LogP contribution in [0.5, 0.6) is 0 Å². The number of rotatable bonds is 6. The summed E-state index contributed by atoms with van der Waals surface area (Å²) in [7, 11) is 6.69. The van der Waals surface area contributed by atoms with E-state index in [0.29, 0.717) is 17.8 Å². The maximum atomic E-state index is 6.45. The van der Waals surface area contributed by atoms with E-state index in [1.807, 2.05) is 6.92 Å². The largest absolute Gasteiger partial charge is 1.00 e. The molecule has 2 bridgehead atoms. The fraction of sp³-hybridized carbons (Fsp3) is 1.00. The first-order valence-corrected chi connectivity index (χ1v) is 11.3. The van der Waals surface area contributed by atoms with Gasteiger partial charge in [0.05, 0.1) is 27.7 Å². The first-order chi connectivity index (χ1) is 13.1. The molecule has 0 radical (unpaired) electrons. The first kappa shape index (κ1) is 24.1. The van der Waals surface area contributed by atoms with E-state index < -0.39 is 17.7 Å². The lowest BCUT2D eigenvalue weighted by Gasteiger charge is -2.60. The lowest BCUT2D eigenvalue weighted by molar-refractivity contribution is -0.870. The van der Waals surface area contributed by atoms with Crippen molar-refractivity contribution >= 4 is 0 Å². The molecule has 1 aliphatic carbocycles. The molecular weight excluding hydrogens is 485 g/mol. The van der Waals surface area contributed by atoms with Gasteiger partial charge in [-0.05, 0) is 50.9 Å². The Morgan fingerprint density at radius 2 is 1.76 bits per heavy atom. The van der Waals surface area contributed by atoms with Crippen molar-refractivity contribution in [3.63, 3.8) is 0 Å². The van der Waals surface area contributed by atoms with E-state index in [0.717, 1.165) is 49.7 Å². The molecule has 0 aromatic rings. The highest BCUT2D eigenvalue weighted by Crippen LogP contribution is 2.60. The summed E-state index contributed by atoms with van der Waals surface area (Å²) in [5, 5.41) is 0. The molecule has 4 aliphatic heterocycles. The molecular formula is C22H40INO5. The number of unbranched alkanes of at least 4 members (excludes halogenated alkanes) is 1. The maximum Gasteiger partial charge on any atom is 0.201 e. The van der Waals surface area contributed by atoms with Gasteiger partial charge in [0.1, 0.15) is 0 Å². The average molecular weight is 525 g/mol. The van der Waals surface area contributed by atoms with Crippen LogP contribution in [0, 0.1) is 23.7 Å². The molecule has 0 N–H and O–H groups in total. The Morgan fingerprint density at radius 3 is 2.48 bits per heavy atom. The second-order valence-electron chi connectivity index (χ2n) is 10.9. The van der Waals surface area contributed by atoms with E-state index in [4.69, 9.17) is 24.0 Å². The minimum atomic E-state index is -0.715. The lowest BCUT2D eigenvalue weighted by atomic mass is 9.58. The van der Waals surface area contributed by atoms with Gasteiger partial charge >= 0.3 is 0 Å². The molecule has 0 aromatic heterocycles. The Balaban J connectivity index is 0.00000240. The van der Waals surface area contributed by atoms with E-state index in [1.165, 1.54) is 6.42 Å². The molecule has 0 unspecified atom stereocenters. The van der Waals surface area contributed by atoms with Crippen LogP contribution in [0.3, 0.4) is 0 Å². The zero-order valence-corrected chi connectivity index (χ0v) is 21.1. The summed E-state index contributed by atoms with van der Waals surface area (Å²) in [5.74, 6) is 0.891. The quantitative estimate of drug-likeness (QED) is 0.221. The van der Waals surface area contributed by atoms with E-state index in [9.17, 15) is 0 Å². The predicted molar refractivity (Wildman–Crippen MR) is 105 cm³/mol. The fourth-order valence-electron chi connectivity index (χ4n) is 5.95. The van der Waals surface area contributed by atoms with Gasteiger partial charge < -0.3 is 42.7 Å². The minimum absolute atomic E-state index is 0. The van der Waals surface area contributed by atoms with Gasteiger partial charge in [0.15, 0.2) is 18.2 Å². The van der Waals surface area contributed by atoms with Crippen molar-refractivity contribution < 1.29 is 52.4 Å². The molecule has 6 nitrogen and oxygen atoms in total. The van der Waals surface area contributed by atoms with E-state index in [2.05, 4.69) is 35.0 Å². The monoisotopic (exact) mass is 525 g/mol. The molecule has 8 atom stereocenters. The van der Waals surface area contributed by atoms with Gasteiger partial charge in [-0.2, -0.15) is 0 Å². The first-order valence-electron chi connectivity index (χ1n) is 11.3. The van der Waals surface area contributed by atoms with Crippen LogP contribution in [-0.4, -0.2) is 62.7 Å². The van der Waals surface area contributed by atoms with Crippen molar-refractivity contribution in [2.75, 3.05) is 34.3 Å². The molecule has 0 amide bonds. The Bertz CT molecular complexity index is 572. The van der Waals surface area contributed by atoms with Crippen molar-refractivity contribution in [1.82, 2.24) is 0 Å². The number of halogens is 1. The average Bonchev–Trinajstić information content (AvgIpc) is 2.84. The summed E-state index contributed by atoms with van der Waals surface area (Å²) in [6.45, 7) is 8.46. The van der Waals surface area contributed by atoms with Crippen LogP contribution in [0.15, 0.2) is 0 Å². The van der Waals surface area contributed by atoms with Gasteiger partial charge in [-0.1, -0.05) is 13.8 Å². The highest BCUT2D eigenvalue weighted by molar-refractivity contribution is 5.09. The number of quaternary nitrogens is 1. The molecule has 7 heteroatoms. The van der Waals surface area contributed by atoms with Crippen molar-refractivity contribution in [3.8, 4) is 0 Å². The molecule has 1 spiro atoms. The topological polar surface area (TPSA) is 46.2 Å². The van der Waals surface area contributed by atoms with Crippen molar-refractivity contribution in [2.24, 2.45) is 23.7 Å². The molecule has 5 rings (SSSR count). The van der Waals surface area contributed by atoms with E-state index >= 15 is 0 Å². The van der Waals surface area contributed by atoms with Crippen LogP contribution in [-0.2, 0) is 24.0 Å². The summed E-state index contributed by atoms with van der Waals surface area (Å²) >= 11 is 0. The third kappa shape index (κ3) is 4.52. The van der Waals surface area contributed by atoms with Crippen LogP contribution >= 0.6 is 0 Å². The Kier molecular flexibility index (Phi) is 7.32. The van der Waals surface area contributed by atoms with E-state index in [-0.39, 0.29) is 36.2 Å². The molecule has 170 valence electrons. The molecule has 4 saturated heterocycles. The summed E-state index contributed by atoms with van der Waals surface area (Å²) in [6, 6.07) is 0. The fourth-order valence-corrected chi connectivity index (χ4v) is 5.95. The maximum absolute atomic E-state index is 6.45. The third-order valence-electron chi connectivity index (χ3n) is 7.60. The highest BCUT2D eigenvalue weighted by atomic mass is 127. The van der Waals surface area contributed by atoms with Crippen molar-refractivity contribution in [3.05, 3.63) is 0 Å². The second kappa shape index (κ2) is 8.79. The van der Waals surface area contributed by atoms with Gasteiger partial charge in [-0.3, -0.25) is 0 Å². The molecule has 1 saturated carbocycles. The predicted octanol–water partition coefficient (Wildman–Crippen LogP) is 0.701. The zero-order valence-electron chi connectivity index (χ0n) is 19.0. The number of fused-ring (bicyclic) bond motifs is 2. The number of nitrogens with zero attached hydrogens (tertiary/aromatic N) is 1. The Morgan fingerprint density at radius 1 is 1.00 bits per heavy atom. The molecule has 29 heavy (non-hydrogen) atoms. The second-order valence-corrected chi connectivity index (χ2v) is 10.9. The number of hydrogen-bond donors (Lipinski definition) is 0. The summed E-state index contributed by atoms with van der Waals surface area (Å²) in [6.07, 6.45) is 5.84.